The summed E-state index contributed by atoms with van der Waals surface area (Å²) in [5.41, 5.74) is 4.74. The molecule has 0 radical (unpaired) electrons. The van der Waals surface area contributed by atoms with Crippen LogP contribution >= 0.6 is 11.3 Å². The summed E-state index contributed by atoms with van der Waals surface area (Å²) in [6.45, 7) is 9.87. The van der Waals surface area contributed by atoms with E-state index in [4.69, 9.17) is 9.84 Å². The Bertz CT molecular complexity index is 1240. The van der Waals surface area contributed by atoms with Gasteiger partial charge in [0.15, 0.2) is 0 Å². The molecule has 170 valence electrons. The van der Waals surface area contributed by atoms with E-state index in [0.717, 1.165) is 59.5 Å². The monoisotopic (exact) mass is 461 g/mol. The maximum atomic E-state index is 11.9. The summed E-state index contributed by atoms with van der Waals surface area (Å²) >= 11 is 1.57. The number of fused-ring (bicyclic) bond motifs is 1. The van der Waals surface area contributed by atoms with Crippen molar-refractivity contribution in [2.24, 2.45) is 0 Å². The predicted octanol–water partition coefficient (Wildman–Crippen LogP) is 4.44. The Labute approximate surface area is 197 Å². The largest absolute Gasteiger partial charge is 0.462 e. The van der Waals surface area contributed by atoms with Crippen LogP contribution in [0.25, 0.3) is 26.8 Å². The second-order valence-corrected chi connectivity index (χ2v) is 8.97. The zero-order chi connectivity index (χ0) is 22.8. The van der Waals surface area contributed by atoms with Crippen LogP contribution in [-0.2, 0) is 4.74 Å². The average molecular weight is 462 g/mol. The Morgan fingerprint density at radius 1 is 0.970 bits per heavy atom. The quantitative estimate of drug-likeness (QED) is 0.396. The molecule has 1 fully saturated rings. The van der Waals surface area contributed by atoms with Crippen molar-refractivity contribution < 1.29 is 9.53 Å². The molecule has 0 saturated carbocycles. The topological polar surface area (TPSA) is 63.0 Å². The molecule has 0 spiro atoms. The van der Waals surface area contributed by atoms with E-state index in [1.54, 1.807) is 30.4 Å². The van der Waals surface area contributed by atoms with E-state index in [-0.39, 0.29) is 5.97 Å². The fourth-order valence-electron chi connectivity index (χ4n) is 4.13. The number of piperazine rings is 1. The molecular formula is C25H27N5O2S. The molecule has 5 rings (SSSR count). The van der Waals surface area contributed by atoms with Crippen LogP contribution in [0.4, 0.5) is 5.69 Å². The number of imidazole rings is 1. The number of hydrogen-bond acceptors (Lipinski definition) is 7. The van der Waals surface area contributed by atoms with Crippen molar-refractivity contribution in [3.05, 3.63) is 60.3 Å². The zero-order valence-electron chi connectivity index (χ0n) is 18.9. The molecule has 1 aliphatic heterocycles. The third-order valence-electron chi connectivity index (χ3n) is 6.08. The molecule has 0 atom stereocenters. The van der Waals surface area contributed by atoms with E-state index < -0.39 is 0 Å². The van der Waals surface area contributed by atoms with Gasteiger partial charge >= 0.3 is 5.97 Å². The summed E-state index contributed by atoms with van der Waals surface area (Å²) in [6, 6.07) is 16.0. The van der Waals surface area contributed by atoms with Gasteiger partial charge in [0, 0.05) is 43.0 Å². The predicted molar refractivity (Wildman–Crippen MR) is 132 cm³/mol. The van der Waals surface area contributed by atoms with Crippen LogP contribution in [-0.4, -0.2) is 64.8 Å². The second kappa shape index (κ2) is 9.33. The van der Waals surface area contributed by atoms with E-state index in [2.05, 4.69) is 46.0 Å². The Morgan fingerprint density at radius 3 is 2.33 bits per heavy atom. The summed E-state index contributed by atoms with van der Waals surface area (Å²) < 4.78 is 6.94. The Kier molecular flexibility index (Phi) is 6.11. The third kappa shape index (κ3) is 4.36. The number of carbonyl (C=O) groups is 1. The summed E-state index contributed by atoms with van der Waals surface area (Å²) in [7, 11) is 0. The van der Waals surface area contributed by atoms with E-state index in [0.29, 0.717) is 12.2 Å². The minimum Gasteiger partial charge on any atom is -0.462 e. The first kappa shape index (κ1) is 21.6. The number of hydrogen-bond donors (Lipinski definition) is 0. The van der Waals surface area contributed by atoms with Gasteiger partial charge in [0.1, 0.15) is 5.01 Å². The van der Waals surface area contributed by atoms with E-state index in [1.807, 2.05) is 22.8 Å². The smallest absolute Gasteiger partial charge is 0.338 e. The van der Waals surface area contributed by atoms with Gasteiger partial charge in [-0.15, -0.1) is 0 Å². The lowest BCUT2D eigenvalue weighted by Crippen LogP contribution is -2.46. The highest BCUT2D eigenvalue weighted by Crippen LogP contribution is 2.30. The Balaban J connectivity index is 1.35. The van der Waals surface area contributed by atoms with Crippen LogP contribution in [0.2, 0.25) is 0 Å². The fourth-order valence-corrected chi connectivity index (χ4v) is 5.02. The highest BCUT2D eigenvalue weighted by atomic mass is 32.1. The summed E-state index contributed by atoms with van der Waals surface area (Å²) in [5, 5.41) is 5.77. The van der Waals surface area contributed by atoms with E-state index in [1.165, 1.54) is 5.69 Å². The van der Waals surface area contributed by atoms with Crippen molar-refractivity contribution in [3.63, 3.8) is 0 Å². The standard InChI is InChI=1S/C25H27N5O2S/c1-3-28-13-15-29(16-14-28)21-11-9-19(10-12-21)23-27-30-22(17-26-25(30)33-23)18-5-7-20(8-6-18)24(31)32-4-2/h5-12,17H,3-4,13-16H2,1-2H3. The number of likely N-dealkylation sites (N-methyl/N-ethyl adjacent to an activating group) is 1. The summed E-state index contributed by atoms with van der Waals surface area (Å²) in [5.74, 6) is -0.311. The molecule has 2 aromatic heterocycles. The molecule has 7 nitrogen and oxygen atoms in total. The molecule has 0 N–H and O–H groups in total. The maximum absolute atomic E-state index is 11.9. The third-order valence-corrected chi connectivity index (χ3v) is 7.05. The number of ether oxygens (including phenoxy) is 1. The normalized spacial score (nSPS) is 14.7. The molecule has 0 bridgehead atoms. The minimum absolute atomic E-state index is 0.311. The van der Waals surface area contributed by atoms with Gasteiger partial charge in [-0.2, -0.15) is 5.10 Å². The highest BCUT2D eigenvalue weighted by molar-refractivity contribution is 7.19. The number of nitrogens with zero attached hydrogens (tertiary/aromatic N) is 5. The molecule has 1 aliphatic rings. The summed E-state index contributed by atoms with van der Waals surface area (Å²) in [4.78, 5) is 22.2. The molecule has 0 amide bonds. The van der Waals surface area contributed by atoms with Gasteiger partial charge in [-0.1, -0.05) is 30.4 Å². The van der Waals surface area contributed by atoms with Crippen LogP contribution in [0.1, 0.15) is 24.2 Å². The first-order valence-corrected chi connectivity index (χ1v) is 12.2. The lowest BCUT2D eigenvalue weighted by atomic mass is 10.1. The number of rotatable bonds is 6. The van der Waals surface area contributed by atoms with Crippen molar-refractivity contribution in [3.8, 4) is 21.8 Å². The van der Waals surface area contributed by atoms with Crippen LogP contribution in [0.15, 0.2) is 54.7 Å². The highest BCUT2D eigenvalue weighted by Gasteiger charge is 2.17. The molecule has 33 heavy (non-hydrogen) atoms. The van der Waals surface area contributed by atoms with E-state index in [9.17, 15) is 4.79 Å². The van der Waals surface area contributed by atoms with Crippen molar-refractivity contribution in [2.75, 3.05) is 44.2 Å². The van der Waals surface area contributed by atoms with Gasteiger partial charge < -0.3 is 14.5 Å². The first-order valence-electron chi connectivity index (χ1n) is 11.4. The molecule has 4 aromatic rings. The van der Waals surface area contributed by atoms with E-state index >= 15 is 0 Å². The maximum Gasteiger partial charge on any atom is 0.338 e. The van der Waals surface area contributed by atoms with Gasteiger partial charge in [0.05, 0.1) is 24.1 Å². The fraction of sp³-hybridized carbons (Fsp3) is 0.320. The SMILES string of the molecule is CCOC(=O)c1ccc(-c2cnc3sc(-c4ccc(N5CCN(CC)CC5)cc4)nn23)cc1. The number of aromatic nitrogens is 3. The van der Waals surface area contributed by atoms with Crippen LogP contribution < -0.4 is 4.90 Å². The first-order chi connectivity index (χ1) is 16.2. The van der Waals surface area contributed by atoms with Crippen LogP contribution in [0.3, 0.4) is 0 Å². The van der Waals surface area contributed by atoms with Gasteiger partial charge in [-0.05, 0) is 49.9 Å². The van der Waals surface area contributed by atoms with Gasteiger partial charge in [0.25, 0.3) is 0 Å². The van der Waals surface area contributed by atoms with Gasteiger partial charge in [-0.25, -0.2) is 14.3 Å². The molecule has 2 aromatic carbocycles. The number of anilines is 1. The zero-order valence-corrected chi connectivity index (χ0v) is 19.7. The van der Waals surface area contributed by atoms with Crippen molar-refractivity contribution >= 4 is 28.0 Å². The Morgan fingerprint density at radius 2 is 1.67 bits per heavy atom. The number of esters is 1. The Hall–Kier alpha value is -3.23. The molecule has 0 unspecified atom stereocenters. The summed E-state index contributed by atoms with van der Waals surface area (Å²) in [6.07, 6.45) is 1.82. The van der Waals surface area contributed by atoms with Crippen molar-refractivity contribution in [1.29, 1.82) is 0 Å². The van der Waals surface area contributed by atoms with Crippen molar-refractivity contribution in [2.45, 2.75) is 13.8 Å². The lowest BCUT2D eigenvalue weighted by Gasteiger charge is -2.35. The number of benzene rings is 2. The van der Waals surface area contributed by atoms with Gasteiger partial charge in [-0.3, -0.25) is 0 Å². The van der Waals surface area contributed by atoms with Crippen LogP contribution in [0, 0.1) is 0 Å². The molecule has 0 aliphatic carbocycles. The van der Waals surface area contributed by atoms with Gasteiger partial charge in [0.2, 0.25) is 4.96 Å². The number of carbonyl (C=O) groups excluding carboxylic acids is 1. The average Bonchev–Trinajstić information content (AvgIpc) is 3.46. The lowest BCUT2D eigenvalue weighted by molar-refractivity contribution is 0.0526. The molecule has 1 saturated heterocycles. The second-order valence-electron chi connectivity index (χ2n) is 8.01. The molecule has 3 heterocycles. The minimum atomic E-state index is -0.311. The molecular weight excluding hydrogens is 434 g/mol. The molecule has 8 heteroatoms. The van der Waals surface area contributed by atoms with Crippen LogP contribution in [0.5, 0.6) is 0 Å². The van der Waals surface area contributed by atoms with Crippen molar-refractivity contribution in [1.82, 2.24) is 19.5 Å².